The molecule has 9 nitrogen and oxygen atoms in total. The highest BCUT2D eigenvalue weighted by Gasteiger charge is 2.35. The summed E-state index contributed by atoms with van der Waals surface area (Å²) in [6.45, 7) is 12.5. The van der Waals surface area contributed by atoms with Crippen LogP contribution in [-0.4, -0.2) is 76.8 Å². The van der Waals surface area contributed by atoms with Gasteiger partial charge in [0.25, 0.3) is 0 Å². The molecular weight excluding hydrogens is 478 g/mol. The lowest BCUT2D eigenvalue weighted by Gasteiger charge is -2.32. The predicted octanol–water partition coefficient (Wildman–Crippen LogP) is 3.93. The largest absolute Gasteiger partial charge is 0.457 e. The molecule has 1 aliphatic rings. The number of aliphatic hydroxyl groups excluding tert-OH is 1. The van der Waals surface area contributed by atoms with Crippen molar-refractivity contribution in [3.63, 3.8) is 0 Å². The van der Waals surface area contributed by atoms with Crippen LogP contribution in [0.25, 0.3) is 0 Å². The fourth-order valence-electron chi connectivity index (χ4n) is 3.69. The summed E-state index contributed by atoms with van der Waals surface area (Å²) in [4.78, 5) is 37.7. The van der Waals surface area contributed by atoms with Crippen molar-refractivity contribution in [1.82, 2.24) is 4.90 Å². The van der Waals surface area contributed by atoms with Gasteiger partial charge in [0.15, 0.2) is 0 Å². The molecular formula is C28H45NO8. The van der Waals surface area contributed by atoms with Gasteiger partial charge in [-0.15, -0.1) is 0 Å². The van der Waals surface area contributed by atoms with Crippen LogP contribution in [0.1, 0.15) is 67.7 Å². The number of rotatable bonds is 7. The summed E-state index contributed by atoms with van der Waals surface area (Å²) in [5.74, 6) is -1.42. The summed E-state index contributed by atoms with van der Waals surface area (Å²) in [5.41, 5.74) is -0.661. The summed E-state index contributed by atoms with van der Waals surface area (Å²) in [6, 6.07) is 0.0464. The summed E-state index contributed by atoms with van der Waals surface area (Å²) in [6.07, 6.45) is 6.02. The van der Waals surface area contributed by atoms with Gasteiger partial charge in [0.05, 0.1) is 19.1 Å². The Morgan fingerprint density at radius 2 is 1.92 bits per heavy atom. The molecule has 0 saturated carbocycles. The molecule has 0 radical (unpaired) electrons. The standard InChI is InChI=1S/C28H45NO8/c1-18(2)29(8)27(33)35-17-19(3)10-9-11-20(4)26-21(5)12-13-24(36-22(6)30)28(7,34)15-14-23(31)16-25(32)37-26/h9-13,18-19,21,23-24,26,31,34H,14-17H2,1-8H3/b10-9+,13-12+,20-11+/t19-,21-,23-,24+,26+,28-/m0/s1. The minimum atomic E-state index is -1.42. The van der Waals surface area contributed by atoms with Gasteiger partial charge in [-0.1, -0.05) is 38.2 Å². The van der Waals surface area contributed by atoms with E-state index in [1.165, 1.54) is 11.8 Å². The van der Waals surface area contributed by atoms with Crippen LogP contribution in [0.5, 0.6) is 0 Å². The number of hydrogen-bond acceptors (Lipinski definition) is 8. The number of esters is 2. The van der Waals surface area contributed by atoms with Crippen LogP contribution in [0.3, 0.4) is 0 Å². The third kappa shape index (κ3) is 11.5. The number of aliphatic hydroxyl groups is 2. The smallest absolute Gasteiger partial charge is 0.409 e. The number of carbonyl (C=O) groups is 3. The SMILES string of the molecule is CC(=O)O[C@@H]1/C=C/[C@H](C)[C@@H](/C(C)=C/C=C/[C@H](C)COC(=O)N(C)C(C)C)OC(=O)C[C@@H](O)CC[C@]1(C)O. The molecule has 0 bridgehead atoms. The van der Waals surface area contributed by atoms with Crippen LogP contribution in [0.2, 0.25) is 0 Å². The molecule has 1 rings (SSSR count). The van der Waals surface area contributed by atoms with Crippen LogP contribution in [0, 0.1) is 11.8 Å². The second kappa shape index (κ2) is 14.9. The summed E-state index contributed by atoms with van der Waals surface area (Å²) >= 11 is 0. The number of cyclic esters (lactones) is 1. The number of allylic oxidation sites excluding steroid dienone is 2. The first-order valence-electron chi connectivity index (χ1n) is 12.8. The molecule has 9 heteroatoms. The van der Waals surface area contributed by atoms with Gasteiger partial charge in [0, 0.05) is 31.8 Å². The highest BCUT2D eigenvalue weighted by molar-refractivity contribution is 5.70. The minimum Gasteiger partial charge on any atom is -0.457 e. The van der Waals surface area contributed by atoms with E-state index in [-0.39, 0.29) is 49.8 Å². The van der Waals surface area contributed by atoms with Gasteiger partial charge in [-0.25, -0.2) is 4.79 Å². The average Bonchev–Trinajstić information content (AvgIpc) is 2.80. The number of hydrogen-bond donors (Lipinski definition) is 2. The molecule has 1 aliphatic heterocycles. The first-order valence-corrected chi connectivity index (χ1v) is 12.8. The Hall–Kier alpha value is -2.65. The Morgan fingerprint density at radius 1 is 1.27 bits per heavy atom. The van der Waals surface area contributed by atoms with Crippen molar-refractivity contribution in [2.24, 2.45) is 11.8 Å². The Balaban J connectivity index is 3.05. The van der Waals surface area contributed by atoms with Gasteiger partial charge in [0.2, 0.25) is 0 Å². The molecule has 0 aliphatic carbocycles. The van der Waals surface area contributed by atoms with Crippen molar-refractivity contribution in [2.75, 3.05) is 13.7 Å². The topological polar surface area (TPSA) is 123 Å². The van der Waals surface area contributed by atoms with E-state index in [9.17, 15) is 24.6 Å². The zero-order valence-corrected chi connectivity index (χ0v) is 23.5. The number of carbonyl (C=O) groups excluding carboxylic acids is 3. The Kier molecular flexibility index (Phi) is 13.1. The highest BCUT2D eigenvalue weighted by Crippen LogP contribution is 2.27. The van der Waals surface area contributed by atoms with Crippen LogP contribution < -0.4 is 0 Å². The van der Waals surface area contributed by atoms with Crippen molar-refractivity contribution in [1.29, 1.82) is 0 Å². The molecule has 0 unspecified atom stereocenters. The van der Waals surface area contributed by atoms with Crippen molar-refractivity contribution >= 4 is 18.0 Å². The van der Waals surface area contributed by atoms with Gasteiger partial charge in [-0.2, -0.15) is 0 Å². The molecule has 0 aromatic carbocycles. The van der Waals surface area contributed by atoms with Gasteiger partial charge in [-0.3, -0.25) is 9.59 Å². The Bertz CT molecular complexity index is 860. The molecule has 0 fully saturated rings. The lowest BCUT2D eigenvalue weighted by molar-refractivity contribution is -0.157. The molecule has 1 amide bonds. The van der Waals surface area contributed by atoms with Gasteiger partial charge < -0.3 is 29.3 Å². The molecule has 0 aromatic heterocycles. The Labute approximate surface area is 221 Å². The van der Waals surface area contributed by atoms with E-state index in [2.05, 4.69) is 0 Å². The molecule has 0 spiro atoms. The number of ether oxygens (including phenoxy) is 3. The first kappa shape index (κ1) is 32.4. The molecule has 6 atom stereocenters. The van der Waals surface area contributed by atoms with Crippen LogP contribution in [-0.2, 0) is 23.8 Å². The third-order valence-corrected chi connectivity index (χ3v) is 6.40. The minimum absolute atomic E-state index is 0.0355. The zero-order valence-electron chi connectivity index (χ0n) is 23.5. The average molecular weight is 524 g/mol. The Morgan fingerprint density at radius 3 is 2.51 bits per heavy atom. The van der Waals surface area contributed by atoms with E-state index in [0.717, 1.165) is 5.57 Å². The van der Waals surface area contributed by atoms with Gasteiger partial charge in [-0.05, 0) is 52.2 Å². The fourth-order valence-corrected chi connectivity index (χ4v) is 3.69. The lowest BCUT2D eigenvalue weighted by Crippen LogP contribution is -2.42. The van der Waals surface area contributed by atoms with Gasteiger partial charge in [0.1, 0.15) is 17.8 Å². The van der Waals surface area contributed by atoms with E-state index in [1.807, 2.05) is 52.8 Å². The normalized spacial score (nSPS) is 29.6. The van der Waals surface area contributed by atoms with Crippen molar-refractivity contribution < 1.29 is 38.8 Å². The molecule has 210 valence electrons. The van der Waals surface area contributed by atoms with Crippen LogP contribution in [0.4, 0.5) is 4.79 Å². The monoisotopic (exact) mass is 523 g/mol. The maximum absolute atomic E-state index is 12.5. The summed E-state index contributed by atoms with van der Waals surface area (Å²) < 4.78 is 16.4. The van der Waals surface area contributed by atoms with Crippen molar-refractivity contribution in [3.8, 4) is 0 Å². The summed E-state index contributed by atoms with van der Waals surface area (Å²) in [5, 5.41) is 21.2. The van der Waals surface area contributed by atoms with E-state index in [4.69, 9.17) is 14.2 Å². The maximum atomic E-state index is 12.5. The van der Waals surface area contributed by atoms with Crippen molar-refractivity contribution in [2.45, 2.75) is 97.7 Å². The fraction of sp³-hybridized carbons (Fsp3) is 0.679. The number of amides is 1. The van der Waals surface area contributed by atoms with E-state index in [0.29, 0.717) is 0 Å². The van der Waals surface area contributed by atoms with E-state index < -0.39 is 35.9 Å². The number of nitrogens with zero attached hydrogens (tertiary/aromatic N) is 1. The maximum Gasteiger partial charge on any atom is 0.409 e. The first-order chi connectivity index (χ1) is 17.1. The zero-order chi connectivity index (χ0) is 28.3. The molecule has 1 heterocycles. The second-order valence-electron chi connectivity index (χ2n) is 10.5. The van der Waals surface area contributed by atoms with E-state index >= 15 is 0 Å². The van der Waals surface area contributed by atoms with Gasteiger partial charge >= 0.3 is 18.0 Å². The predicted molar refractivity (Wildman–Crippen MR) is 141 cm³/mol. The van der Waals surface area contributed by atoms with Crippen LogP contribution in [0.15, 0.2) is 36.0 Å². The molecule has 37 heavy (non-hydrogen) atoms. The van der Waals surface area contributed by atoms with E-state index in [1.54, 1.807) is 26.1 Å². The quantitative estimate of drug-likeness (QED) is 0.223. The van der Waals surface area contributed by atoms with Crippen LogP contribution >= 0.6 is 0 Å². The second-order valence-corrected chi connectivity index (χ2v) is 10.5. The molecule has 0 saturated heterocycles. The van der Waals surface area contributed by atoms with Crippen molar-refractivity contribution in [3.05, 3.63) is 36.0 Å². The summed E-state index contributed by atoms with van der Waals surface area (Å²) in [7, 11) is 1.69. The molecule has 0 aromatic rings. The lowest BCUT2D eigenvalue weighted by atomic mass is 9.88. The third-order valence-electron chi connectivity index (χ3n) is 6.40. The molecule has 2 N–H and O–H groups in total. The highest BCUT2D eigenvalue weighted by atomic mass is 16.6.